The second-order valence-corrected chi connectivity index (χ2v) is 7.54. The van der Waals surface area contributed by atoms with Crippen LogP contribution in [0.5, 0.6) is 0 Å². The molecule has 140 valence electrons. The van der Waals surface area contributed by atoms with Crippen molar-refractivity contribution in [3.05, 3.63) is 77.3 Å². The van der Waals surface area contributed by atoms with Gasteiger partial charge in [0, 0.05) is 11.1 Å². The van der Waals surface area contributed by atoms with Crippen LogP contribution in [0.3, 0.4) is 0 Å². The van der Waals surface area contributed by atoms with Gasteiger partial charge >= 0.3 is 0 Å². The van der Waals surface area contributed by atoms with Gasteiger partial charge in [0.15, 0.2) is 0 Å². The van der Waals surface area contributed by atoms with Crippen molar-refractivity contribution in [1.82, 2.24) is 5.32 Å². The number of primary sulfonamides is 1. The van der Waals surface area contributed by atoms with Gasteiger partial charge in [0.25, 0.3) is 5.91 Å². The second-order valence-electron chi connectivity index (χ2n) is 5.98. The van der Waals surface area contributed by atoms with Crippen molar-refractivity contribution < 1.29 is 22.0 Å². The molecule has 0 saturated heterocycles. The third kappa shape index (κ3) is 4.42. The highest BCUT2D eigenvalue weighted by Gasteiger charge is 2.15. The van der Waals surface area contributed by atoms with Crippen LogP contribution in [-0.4, -0.2) is 14.3 Å². The van der Waals surface area contributed by atoms with Crippen molar-refractivity contribution >= 4 is 15.9 Å². The number of halogens is 1. The molecule has 0 aliphatic carbocycles. The van der Waals surface area contributed by atoms with Crippen LogP contribution in [0.25, 0.3) is 11.3 Å². The van der Waals surface area contributed by atoms with E-state index in [4.69, 9.17) is 9.56 Å². The molecule has 0 atom stereocenters. The number of furan rings is 1. The highest BCUT2D eigenvalue weighted by molar-refractivity contribution is 7.89. The first-order chi connectivity index (χ1) is 12.7. The van der Waals surface area contributed by atoms with Crippen LogP contribution in [0.2, 0.25) is 0 Å². The molecule has 0 radical (unpaired) electrons. The van der Waals surface area contributed by atoms with Crippen LogP contribution in [0.4, 0.5) is 4.39 Å². The number of nitrogens with one attached hydrogen (secondary N) is 1. The Morgan fingerprint density at radius 3 is 2.48 bits per heavy atom. The first kappa shape index (κ1) is 18.8. The zero-order valence-corrected chi connectivity index (χ0v) is 15.2. The smallest absolute Gasteiger partial charge is 0.251 e. The summed E-state index contributed by atoms with van der Waals surface area (Å²) in [6.07, 6.45) is 0. The fraction of sp³-hybridized carbons (Fsp3) is 0.105. The molecule has 8 heteroatoms. The predicted octanol–water partition coefficient (Wildman–Crippen LogP) is 2.97. The molecular formula is C19H17FN2O4S. The summed E-state index contributed by atoms with van der Waals surface area (Å²) in [7, 11) is -3.90. The molecule has 3 N–H and O–H groups in total. The van der Waals surface area contributed by atoms with Crippen LogP contribution in [-0.2, 0) is 16.6 Å². The average molecular weight is 388 g/mol. The number of carbonyl (C=O) groups is 1. The number of rotatable bonds is 5. The first-order valence-corrected chi connectivity index (χ1v) is 9.55. The number of benzene rings is 2. The van der Waals surface area contributed by atoms with Crippen molar-refractivity contribution in [1.29, 1.82) is 0 Å². The Balaban J connectivity index is 1.72. The van der Waals surface area contributed by atoms with Gasteiger partial charge in [-0.3, -0.25) is 4.79 Å². The van der Waals surface area contributed by atoms with E-state index in [1.807, 2.05) is 0 Å². The van der Waals surface area contributed by atoms with Crippen molar-refractivity contribution in [2.75, 3.05) is 0 Å². The van der Waals surface area contributed by atoms with Crippen LogP contribution in [0.15, 0.2) is 63.9 Å². The molecule has 1 heterocycles. The molecule has 2 aromatic carbocycles. The Hall–Kier alpha value is -2.97. The van der Waals surface area contributed by atoms with Crippen molar-refractivity contribution in [2.45, 2.75) is 18.4 Å². The molecule has 27 heavy (non-hydrogen) atoms. The quantitative estimate of drug-likeness (QED) is 0.701. The van der Waals surface area contributed by atoms with Crippen LogP contribution >= 0.6 is 0 Å². The number of sulfonamides is 1. The number of amides is 1. The zero-order valence-electron chi connectivity index (χ0n) is 14.4. The van der Waals surface area contributed by atoms with Gasteiger partial charge in [-0.05, 0) is 61.0 Å². The van der Waals surface area contributed by atoms with Crippen LogP contribution < -0.4 is 10.5 Å². The number of aryl methyl sites for hydroxylation is 1. The Kier molecular flexibility index (Phi) is 5.11. The molecule has 1 aromatic heterocycles. The molecule has 0 aliphatic rings. The number of nitrogens with two attached hydrogens (primary N) is 1. The lowest BCUT2D eigenvalue weighted by atomic mass is 10.1. The first-order valence-electron chi connectivity index (χ1n) is 8.00. The number of hydrogen-bond acceptors (Lipinski definition) is 4. The van der Waals surface area contributed by atoms with Gasteiger partial charge in [0.1, 0.15) is 17.3 Å². The summed E-state index contributed by atoms with van der Waals surface area (Å²) >= 11 is 0. The summed E-state index contributed by atoms with van der Waals surface area (Å²) < 4.78 is 41.6. The Labute approximate surface area is 155 Å². The third-order valence-electron chi connectivity index (χ3n) is 4.00. The van der Waals surface area contributed by atoms with E-state index in [9.17, 15) is 17.6 Å². The van der Waals surface area contributed by atoms with Crippen molar-refractivity contribution in [3.8, 4) is 11.3 Å². The van der Waals surface area contributed by atoms with E-state index in [1.165, 1.54) is 30.3 Å². The van der Waals surface area contributed by atoms with Crippen LogP contribution in [0.1, 0.15) is 21.7 Å². The van der Waals surface area contributed by atoms with Gasteiger partial charge in [0.05, 0.1) is 11.4 Å². The van der Waals surface area contributed by atoms with Gasteiger partial charge < -0.3 is 9.73 Å². The standard InChI is InChI=1S/C19H17FN2O4S/c1-12-2-8-16(27(21,24)25)10-17(12)19(23)22-11-15-7-9-18(26-15)13-3-5-14(20)6-4-13/h2-10H,11H2,1H3,(H,22,23)(H2,21,24,25). The summed E-state index contributed by atoms with van der Waals surface area (Å²) in [6, 6.07) is 13.4. The lowest BCUT2D eigenvalue weighted by Crippen LogP contribution is -2.24. The molecular weight excluding hydrogens is 371 g/mol. The van der Waals surface area contributed by atoms with E-state index in [-0.39, 0.29) is 22.8 Å². The van der Waals surface area contributed by atoms with Gasteiger partial charge in [-0.25, -0.2) is 17.9 Å². The SMILES string of the molecule is Cc1ccc(S(N)(=O)=O)cc1C(=O)NCc1ccc(-c2ccc(F)cc2)o1. The minimum absolute atomic E-state index is 0.110. The predicted molar refractivity (Wildman–Crippen MR) is 97.8 cm³/mol. The zero-order chi connectivity index (χ0) is 19.6. The Bertz CT molecular complexity index is 1090. The molecule has 0 unspecified atom stereocenters. The van der Waals surface area contributed by atoms with E-state index in [0.29, 0.717) is 22.6 Å². The fourth-order valence-corrected chi connectivity index (χ4v) is 3.07. The van der Waals surface area contributed by atoms with Crippen LogP contribution in [0, 0.1) is 12.7 Å². The second kappa shape index (κ2) is 7.34. The normalized spacial score (nSPS) is 11.4. The third-order valence-corrected chi connectivity index (χ3v) is 4.91. The minimum atomic E-state index is -3.90. The van der Waals surface area contributed by atoms with Gasteiger partial charge in [-0.1, -0.05) is 6.07 Å². The summed E-state index contributed by atoms with van der Waals surface area (Å²) in [5, 5.41) is 7.79. The Morgan fingerprint density at radius 2 is 1.81 bits per heavy atom. The van der Waals surface area contributed by atoms with E-state index in [2.05, 4.69) is 5.32 Å². The molecule has 0 fully saturated rings. The van der Waals surface area contributed by atoms with E-state index >= 15 is 0 Å². The molecule has 0 aliphatic heterocycles. The number of carbonyl (C=O) groups excluding carboxylic acids is 1. The molecule has 3 aromatic rings. The largest absolute Gasteiger partial charge is 0.459 e. The van der Waals surface area contributed by atoms with Gasteiger partial charge in [0.2, 0.25) is 10.0 Å². The van der Waals surface area contributed by atoms with E-state index in [0.717, 1.165) is 0 Å². The maximum absolute atomic E-state index is 13.0. The molecule has 3 rings (SSSR count). The summed E-state index contributed by atoms with van der Waals surface area (Å²) in [6.45, 7) is 1.81. The monoisotopic (exact) mass is 388 g/mol. The summed E-state index contributed by atoms with van der Waals surface area (Å²) in [5.41, 5.74) is 1.55. The fourth-order valence-electron chi connectivity index (χ4n) is 2.53. The van der Waals surface area contributed by atoms with Gasteiger partial charge in [-0.15, -0.1) is 0 Å². The maximum atomic E-state index is 13.0. The molecule has 1 amide bonds. The Morgan fingerprint density at radius 1 is 1.11 bits per heavy atom. The van der Waals surface area contributed by atoms with Crippen molar-refractivity contribution in [3.63, 3.8) is 0 Å². The van der Waals surface area contributed by atoms with E-state index in [1.54, 1.807) is 31.2 Å². The summed E-state index contributed by atoms with van der Waals surface area (Å²) in [4.78, 5) is 12.3. The van der Waals surface area contributed by atoms with E-state index < -0.39 is 15.9 Å². The number of hydrogen-bond donors (Lipinski definition) is 2. The van der Waals surface area contributed by atoms with Gasteiger partial charge in [-0.2, -0.15) is 0 Å². The topological polar surface area (TPSA) is 102 Å². The molecule has 0 spiro atoms. The lowest BCUT2D eigenvalue weighted by molar-refractivity contribution is 0.0947. The maximum Gasteiger partial charge on any atom is 0.251 e. The van der Waals surface area contributed by atoms with Crippen molar-refractivity contribution in [2.24, 2.45) is 5.14 Å². The molecule has 0 saturated carbocycles. The highest BCUT2D eigenvalue weighted by atomic mass is 32.2. The highest BCUT2D eigenvalue weighted by Crippen LogP contribution is 2.22. The average Bonchev–Trinajstić information content (AvgIpc) is 3.08. The molecule has 0 bridgehead atoms. The minimum Gasteiger partial charge on any atom is -0.459 e. The lowest BCUT2D eigenvalue weighted by Gasteiger charge is -2.08. The summed E-state index contributed by atoms with van der Waals surface area (Å²) in [5.74, 6) is 0.266. The molecule has 6 nitrogen and oxygen atoms in total.